The third-order valence-corrected chi connectivity index (χ3v) is 5.66. The number of hydrogen-bond acceptors (Lipinski definition) is 4. The van der Waals surface area contributed by atoms with E-state index < -0.39 is 9.84 Å². The molecule has 0 saturated carbocycles. The number of ether oxygens (including phenoxy) is 1. The van der Waals surface area contributed by atoms with Gasteiger partial charge < -0.3 is 4.74 Å². The zero-order valence-electron chi connectivity index (χ0n) is 12.1. The first-order valence-electron chi connectivity index (χ1n) is 6.55. The van der Waals surface area contributed by atoms with Gasteiger partial charge in [0.2, 0.25) is 0 Å². The first kappa shape index (κ1) is 17.1. The highest BCUT2D eigenvalue weighted by Crippen LogP contribution is 2.36. The van der Waals surface area contributed by atoms with Crippen LogP contribution in [0.25, 0.3) is 0 Å². The van der Waals surface area contributed by atoms with Gasteiger partial charge in [0.15, 0.2) is 15.6 Å². The van der Waals surface area contributed by atoms with Gasteiger partial charge in [0.05, 0.1) is 22.0 Å². The summed E-state index contributed by atoms with van der Waals surface area (Å²) in [5.41, 5.74) is 1.17. The number of pyridine rings is 1. The Bertz CT molecular complexity index is 751. The number of nitrogens with zero attached hydrogens (tertiary/aromatic N) is 1. The molecule has 2 aromatic rings. The summed E-state index contributed by atoms with van der Waals surface area (Å²) in [6.45, 7) is 3.43. The first-order chi connectivity index (χ1) is 10.3. The van der Waals surface area contributed by atoms with Crippen LogP contribution in [0.5, 0.6) is 5.75 Å². The smallest absolute Gasteiger partial charge is 0.181 e. The number of halogens is 2. The van der Waals surface area contributed by atoms with E-state index in [9.17, 15) is 8.42 Å². The van der Waals surface area contributed by atoms with E-state index in [0.29, 0.717) is 21.4 Å². The Kier molecular flexibility index (Phi) is 5.32. The van der Waals surface area contributed by atoms with Crippen molar-refractivity contribution in [1.82, 2.24) is 4.98 Å². The molecule has 0 spiro atoms. The predicted octanol–water partition coefficient (Wildman–Crippen LogP) is 3.86. The van der Waals surface area contributed by atoms with Crippen LogP contribution in [-0.2, 0) is 9.84 Å². The van der Waals surface area contributed by atoms with E-state index in [1.165, 1.54) is 0 Å². The normalized spacial score (nSPS) is 11.5. The number of aryl methyl sites for hydroxylation is 2. The monoisotopic (exact) mass is 359 g/mol. The Hall–Kier alpha value is -1.30. The van der Waals surface area contributed by atoms with E-state index in [1.807, 2.05) is 0 Å². The molecule has 1 heterocycles. The molecule has 4 nitrogen and oxygen atoms in total. The van der Waals surface area contributed by atoms with Gasteiger partial charge in [0.25, 0.3) is 0 Å². The van der Waals surface area contributed by atoms with Crippen molar-refractivity contribution in [3.8, 4) is 5.75 Å². The summed E-state index contributed by atoms with van der Waals surface area (Å²) in [6, 6.07) is 8.22. The topological polar surface area (TPSA) is 56.3 Å². The van der Waals surface area contributed by atoms with Crippen LogP contribution < -0.4 is 4.74 Å². The molecule has 118 valence electrons. The van der Waals surface area contributed by atoms with E-state index in [-0.39, 0.29) is 23.0 Å². The molecule has 0 saturated heterocycles. The number of benzene rings is 1. The minimum absolute atomic E-state index is 0.0421. The molecule has 0 N–H and O–H groups in total. The minimum Gasteiger partial charge on any atom is -0.489 e. The Morgan fingerprint density at radius 3 is 2.14 bits per heavy atom. The van der Waals surface area contributed by atoms with E-state index in [2.05, 4.69) is 4.98 Å². The fourth-order valence-corrected chi connectivity index (χ4v) is 3.44. The highest BCUT2D eigenvalue weighted by molar-refractivity contribution is 7.91. The zero-order valence-corrected chi connectivity index (χ0v) is 14.5. The number of sulfone groups is 1. The van der Waals surface area contributed by atoms with E-state index >= 15 is 0 Å². The summed E-state index contributed by atoms with van der Waals surface area (Å²) in [5.74, 6) is 0.112. The lowest BCUT2D eigenvalue weighted by Gasteiger charge is -2.13. The fourth-order valence-electron chi connectivity index (χ4n) is 1.90. The number of hydrogen-bond donors (Lipinski definition) is 0. The van der Waals surface area contributed by atoms with Crippen molar-refractivity contribution in [1.29, 1.82) is 0 Å². The summed E-state index contributed by atoms with van der Waals surface area (Å²) in [6.07, 6.45) is 0. The van der Waals surface area contributed by atoms with Crippen LogP contribution in [0.2, 0.25) is 10.0 Å². The lowest BCUT2D eigenvalue weighted by Crippen LogP contribution is -2.15. The van der Waals surface area contributed by atoms with Crippen LogP contribution in [0.3, 0.4) is 0 Å². The maximum atomic E-state index is 12.2. The molecule has 0 aliphatic carbocycles. The van der Waals surface area contributed by atoms with Gasteiger partial charge >= 0.3 is 0 Å². The fraction of sp³-hybridized carbons (Fsp3) is 0.267. The largest absolute Gasteiger partial charge is 0.489 e. The maximum absolute atomic E-state index is 12.2. The molecular weight excluding hydrogens is 345 g/mol. The Labute approximate surface area is 140 Å². The van der Waals surface area contributed by atoms with Crippen molar-refractivity contribution in [3.63, 3.8) is 0 Å². The molecular formula is C15H15Cl2NO3S. The number of rotatable bonds is 5. The highest BCUT2D eigenvalue weighted by Gasteiger charge is 2.17. The van der Waals surface area contributed by atoms with Crippen molar-refractivity contribution in [2.75, 3.05) is 12.4 Å². The average Bonchev–Trinajstić information content (AvgIpc) is 2.49. The van der Waals surface area contributed by atoms with Crippen molar-refractivity contribution < 1.29 is 13.2 Å². The van der Waals surface area contributed by atoms with Crippen molar-refractivity contribution >= 4 is 33.0 Å². The third kappa shape index (κ3) is 3.72. The Morgan fingerprint density at radius 2 is 1.59 bits per heavy atom. The second-order valence-corrected chi connectivity index (χ2v) is 7.59. The maximum Gasteiger partial charge on any atom is 0.181 e. The van der Waals surface area contributed by atoms with E-state index in [4.69, 9.17) is 27.9 Å². The summed E-state index contributed by atoms with van der Waals surface area (Å²) in [5, 5.41) is 0.598. The van der Waals surface area contributed by atoms with Crippen LogP contribution in [-0.4, -0.2) is 25.8 Å². The van der Waals surface area contributed by atoms with Gasteiger partial charge in [0, 0.05) is 0 Å². The molecule has 0 aliphatic heterocycles. The molecule has 1 aromatic carbocycles. The molecule has 0 amide bonds. The molecule has 0 radical (unpaired) electrons. The summed E-state index contributed by atoms with van der Waals surface area (Å²) in [7, 11) is -3.40. The minimum atomic E-state index is -3.40. The van der Waals surface area contributed by atoms with E-state index in [1.54, 1.807) is 44.2 Å². The molecule has 0 aliphatic rings. The van der Waals surface area contributed by atoms with Gasteiger partial charge in [-0.2, -0.15) is 0 Å². The van der Waals surface area contributed by atoms with Crippen LogP contribution in [0.1, 0.15) is 11.4 Å². The van der Waals surface area contributed by atoms with Gasteiger partial charge in [-0.3, -0.25) is 4.98 Å². The molecule has 22 heavy (non-hydrogen) atoms. The standard InChI is InChI=1S/C15H15Cl2NO3S/c1-10-13(16)15(14(17)11(2)18-10)21-8-9-22(19,20)12-6-4-3-5-7-12/h3-7H,8-9H2,1-2H3. The van der Waals surface area contributed by atoms with Gasteiger partial charge in [-0.25, -0.2) is 8.42 Å². The number of aromatic nitrogens is 1. The van der Waals surface area contributed by atoms with Gasteiger partial charge in [-0.15, -0.1) is 0 Å². The van der Waals surface area contributed by atoms with Gasteiger partial charge in [-0.1, -0.05) is 41.4 Å². The molecule has 0 unspecified atom stereocenters. The molecule has 0 atom stereocenters. The highest BCUT2D eigenvalue weighted by atomic mass is 35.5. The van der Waals surface area contributed by atoms with Gasteiger partial charge in [0.1, 0.15) is 16.7 Å². The SMILES string of the molecule is Cc1nc(C)c(Cl)c(OCCS(=O)(=O)c2ccccc2)c1Cl. The predicted molar refractivity (Wildman–Crippen MR) is 87.7 cm³/mol. The van der Waals surface area contributed by atoms with Crippen molar-refractivity contribution in [2.45, 2.75) is 18.7 Å². The quantitative estimate of drug-likeness (QED) is 0.813. The third-order valence-electron chi connectivity index (χ3n) is 3.07. The van der Waals surface area contributed by atoms with Crippen molar-refractivity contribution in [2.24, 2.45) is 0 Å². The lowest BCUT2D eigenvalue weighted by atomic mass is 10.3. The van der Waals surface area contributed by atoms with Gasteiger partial charge in [-0.05, 0) is 26.0 Å². The van der Waals surface area contributed by atoms with Crippen molar-refractivity contribution in [3.05, 3.63) is 51.8 Å². The molecule has 0 fully saturated rings. The molecule has 2 rings (SSSR count). The molecule has 7 heteroatoms. The summed E-state index contributed by atoms with van der Waals surface area (Å²) in [4.78, 5) is 4.44. The second-order valence-electron chi connectivity index (χ2n) is 4.72. The Balaban J connectivity index is 2.12. The lowest BCUT2D eigenvalue weighted by molar-refractivity contribution is 0.340. The Morgan fingerprint density at radius 1 is 1.05 bits per heavy atom. The first-order valence-corrected chi connectivity index (χ1v) is 8.96. The summed E-state index contributed by atoms with van der Waals surface area (Å²) < 4.78 is 29.8. The van der Waals surface area contributed by atoms with E-state index in [0.717, 1.165) is 0 Å². The molecule has 1 aromatic heterocycles. The summed E-state index contributed by atoms with van der Waals surface area (Å²) >= 11 is 12.2. The second kappa shape index (κ2) is 6.86. The van der Waals surface area contributed by atoms with Crippen LogP contribution in [0.4, 0.5) is 0 Å². The average molecular weight is 360 g/mol. The van der Waals surface area contributed by atoms with Crippen LogP contribution in [0.15, 0.2) is 35.2 Å². The zero-order chi connectivity index (χ0) is 16.3. The van der Waals surface area contributed by atoms with Crippen LogP contribution >= 0.6 is 23.2 Å². The van der Waals surface area contributed by atoms with Crippen LogP contribution in [0, 0.1) is 13.8 Å². The molecule has 0 bridgehead atoms.